The van der Waals surface area contributed by atoms with E-state index in [1.54, 1.807) is 11.3 Å². The average Bonchev–Trinajstić information content (AvgIpc) is 2.91. The maximum atomic E-state index is 5.59. The summed E-state index contributed by atoms with van der Waals surface area (Å²) in [5.41, 5.74) is 2.85. The van der Waals surface area contributed by atoms with Crippen LogP contribution in [0.15, 0.2) is 43.9 Å². The number of thiophene rings is 1. The second-order valence-electron chi connectivity index (χ2n) is 3.54. The molecular formula is C13H8BrNOS. The molecule has 0 aliphatic heterocycles. The largest absolute Gasteiger partial charge is 0.437 e. The van der Waals surface area contributed by atoms with E-state index in [9.17, 15) is 0 Å². The molecule has 0 radical (unpaired) electrons. The molecule has 0 atom stereocenters. The number of nitrogens with zero attached hydrogens (tertiary/aromatic N) is 1. The minimum atomic E-state index is 0.633. The molecule has 2 nitrogen and oxygen atoms in total. The van der Waals surface area contributed by atoms with Gasteiger partial charge in [0.2, 0.25) is 5.89 Å². The number of aromatic nitrogens is 1. The van der Waals surface area contributed by atoms with Crippen molar-refractivity contribution in [3.63, 3.8) is 0 Å². The molecule has 0 saturated heterocycles. The van der Waals surface area contributed by atoms with Crippen molar-refractivity contribution in [3.8, 4) is 0 Å². The zero-order valence-electron chi connectivity index (χ0n) is 8.76. The Kier molecular flexibility index (Phi) is 2.82. The molecule has 0 aliphatic carbocycles. The summed E-state index contributed by atoms with van der Waals surface area (Å²) in [6.07, 6.45) is 3.88. The summed E-state index contributed by atoms with van der Waals surface area (Å²) in [6.45, 7) is 0. The molecule has 0 N–H and O–H groups in total. The van der Waals surface area contributed by atoms with E-state index in [2.05, 4.69) is 32.4 Å². The van der Waals surface area contributed by atoms with Gasteiger partial charge in [0, 0.05) is 6.08 Å². The van der Waals surface area contributed by atoms with Gasteiger partial charge in [0.05, 0.1) is 3.79 Å². The summed E-state index contributed by atoms with van der Waals surface area (Å²) in [5.74, 6) is 0.633. The van der Waals surface area contributed by atoms with Crippen molar-refractivity contribution in [1.29, 1.82) is 0 Å². The molecule has 1 aromatic carbocycles. The smallest absolute Gasteiger partial charge is 0.220 e. The lowest BCUT2D eigenvalue weighted by Gasteiger charge is -1.82. The van der Waals surface area contributed by atoms with Crippen LogP contribution in [0.25, 0.3) is 23.3 Å². The normalized spacial score (nSPS) is 11.6. The fourth-order valence-corrected chi connectivity index (χ4v) is 2.68. The first-order valence-corrected chi connectivity index (χ1v) is 6.76. The predicted molar refractivity (Wildman–Crippen MR) is 75.0 cm³/mol. The first kappa shape index (κ1) is 10.7. The van der Waals surface area contributed by atoms with Gasteiger partial charge in [0.1, 0.15) is 5.52 Å². The minimum Gasteiger partial charge on any atom is -0.437 e. The minimum absolute atomic E-state index is 0.633. The average molecular weight is 306 g/mol. The number of benzene rings is 1. The molecule has 0 fully saturated rings. The van der Waals surface area contributed by atoms with Gasteiger partial charge in [-0.15, -0.1) is 11.3 Å². The van der Waals surface area contributed by atoms with Gasteiger partial charge in [-0.05, 0) is 51.1 Å². The highest BCUT2D eigenvalue weighted by Crippen LogP contribution is 2.22. The van der Waals surface area contributed by atoms with E-state index in [-0.39, 0.29) is 0 Å². The molecule has 3 aromatic rings. The van der Waals surface area contributed by atoms with Crippen molar-refractivity contribution >= 4 is 50.5 Å². The van der Waals surface area contributed by atoms with Crippen LogP contribution in [0, 0.1) is 0 Å². The second-order valence-corrected chi connectivity index (χ2v) is 5.83. The van der Waals surface area contributed by atoms with Gasteiger partial charge >= 0.3 is 0 Å². The van der Waals surface area contributed by atoms with Crippen LogP contribution in [0.2, 0.25) is 0 Å². The predicted octanol–water partition coefficient (Wildman–Crippen LogP) is 4.82. The summed E-state index contributed by atoms with van der Waals surface area (Å²) in [5, 5.41) is 2.07. The summed E-state index contributed by atoms with van der Waals surface area (Å²) >= 11 is 5.09. The quantitative estimate of drug-likeness (QED) is 0.678. The van der Waals surface area contributed by atoms with Crippen molar-refractivity contribution in [2.45, 2.75) is 0 Å². The molecule has 0 aliphatic rings. The van der Waals surface area contributed by atoms with Crippen molar-refractivity contribution in [2.75, 3.05) is 0 Å². The van der Waals surface area contributed by atoms with Crippen LogP contribution in [0.3, 0.4) is 0 Å². The van der Waals surface area contributed by atoms with Crippen molar-refractivity contribution in [3.05, 3.63) is 51.0 Å². The number of hydrogen-bond donors (Lipinski definition) is 0. The Hall–Kier alpha value is -1.39. The zero-order chi connectivity index (χ0) is 11.7. The Balaban J connectivity index is 1.92. The van der Waals surface area contributed by atoms with Gasteiger partial charge in [-0.25, -0.2) is 4.98 Å². The lowest BCUT2D eigenvalue weighted by molar-refractivity contribution is 0.590. The maximum absolute atomic E-state index is 5.59. The van der Waals surface area contributed by atoms with Gasteiger partial charge in [-0.3, -0.25) is 0 Å². The Bertz CT molecular complexity index is 650. The van der Waals surface area contributed by atoms with Crippen LogP contribution in [0.4, 0.5) is 0 Å². The van der Waals surface area contributed by atoms with E-state index in [4.69, 9.17) is 4.42 Å². The van der Waals surface area contributed by atoms with Crippen LogP contribution in [0.1, 0.15) is 11.5 Å². The number of hydrogen-bond acceptors (Lipinski definition) is 3. The Morgan fingerprint density at radius 3 is 2.88 bits per heavy atom. The van der Waals surface area contributed by atoms with Gasteiger partial charge in [-0.1, -0.05) is 12.1 Å². The molecule has 0 spiro atoms. The molecule has 3 rings (SSSR count). The van der Waals surface area contributed by atoms with E-state index in [0.717, 1.165) is 20.4 Å². The first-order valence-electron chi connectivity index (χ1n) is 5.09. The van der Waals surface area contributed by atoms with Crippen molar-refractivity contribution in [1.82, 2.24) is 4.98 Å². The van der Waals surface area contributed by atoms with Gasteiger partial charge in [0.15, 0.2) is 5.58 Å². The highest BCUT2D eigenvalue weighted by atomic mass is 79.9. The van der Waals surface area contributed by atoms with Crippen LogP contribution in [-0.4, -0.2) is 4.98 Å². The second kappa shape index (κ2) is 4.47. The fraction of sp³-hybridized carbons (Fsp3) is 0. The topological polar surface area (TPSA) is 26.0 Å². The van der Waals surface area contributed by atoms with Crippen molar-refractivity contribution in [2.24, 2.45) is 0 Å². The van der Waals surface area contributed by atoms with Gasteiger partial charge < -0.3 is 4.42 Å². The van der Waals surface area contributed by atoms with Crippen LogP contribution < -0.4 is 0 Å². The Labute approximate surface area is 111 Å². The number of para-hydroxylation sites is 2. The van der Waals surface area contributed by atoms with Gasteiger partial charge in [0.25, 0.3) is 0 Å². The molecule has 0 amide bonds. The molecule has 84 valence electrons. The Morgan fingerprint density at radius 2 is 2.12 bits per heavy atom. The number of halogens is 1. The zero-order valence-corrected chi connectivity index (χ0v) is 11.2. The lowest BCUT2D eigenvalue weighted by atomic mass is 10.3. The summed E-state index contributed by atoms with van der Waals surface area (Å²) < 4.78 is 6.71. The monoisotopic (exact) mass is 305 g/mol. The highest BCUT2D eigenvalue weighted by molar-refractivity contribution is 9.11. The van der Waals surface area contributed by atoms with Crippen molar-refractivity contribution < 1.29 is 4.42 Å². The number of rotatable bonds is 2. The molecule has 0 saturated carbocycles. The molecule has 0 unspecified atom stereocenters. The maximum Gasteiger partial charge on any atom is 0.220 e. The summed E-state index contributed by atoms with van der Waals surface area (Å²) in [6, 6.07) is 9.81. The number of fused-ring (bicyclic) bond motifs is 1. The molecule has 2 aromatic heterocycles. The third kappa shape index (κ3) is 2.33. The van der Waals surface area contributed by atoms with Gasteiger partial charge in [-0.2, -0.15) is 0 Å². The summed E-state index contributed by atoms with van der Waals surface area (Å²) in [4.78, 5) is 4.37. The molecule has 17 heavy (non-hydrogen) atoms. The van der Waals surface area contributed by atoms with Crippen LogP contribution in [-0.2, 0) is 0 Å². The third-order valence-electron chi connectivity index (χ3n) is 2.32. The molecule has 0 bridgehead atoms. The van der Waals surface area contributed by atoms with Crippen LogP contribution >= 0.6 is 27.3 Å². The molecule has 2 heterocycles. The number of oxazole rings is 1. The Morgan fingerprint density at radius 1 is 1.24 bits per heavy atom. The standard InChI is InChI=1S/C13H8BrNOS/c14-12-7-9(8-17-12)5-6-13-15-10-3-1-2-4-11(10)16-13/h1-8H. The van der Waals surface area contributed by atoms with Crippen LogP contribution in [0.5, 0.6) is 0 Å². The highest BCUT2D eigenvalue weighted by Gasteiger charge is 2.01. The SMILES string of the molecule is Brc1cc(C=Cc2nc3ccccc3o2)cs1. The van der Waals surface area contributed by atoms with E-state index in [0.29, 0.717) is 5.89 Å². The fourth-order valence-electron chi connectivity index (χ4n) is 1.54. The van der Waals surface area contributed by atoms with E-state index in [1.165, 1.54) is 0 Å². The van der Waals surface area contributed by atoms with E-state index in [1.807, 2.05) is 36.4 Å². The lowest BCUT2D eigenvalue weighted by Crippen LogP contribution is -1.68. The molecular weight excluding hydrogens is 298 g/mol. The molecule has 4 heteroatoms. The third-order valence-corrected chi connectivity index (χ3v) is 3.84. The van der Waals surface area contributed by atoms with E-state index < -0.39 is 0 Å². The first-order chi connectivity index (χ1) is 8.31. The summed E-state index contributed by atoms with van der Waals surface area (Å²) in [7, 11) is 0. The van der Waals surface area contributed by atoms with E-state index >= 15 is 0 Å².